The molecule has 0 aromatic rings. The number of allylic oxidation sites excluding steroid dienone is 1. The Morgan fingerprint density at radius 3 is 2.27 bits per heavy atom. The zero-order valence-corrected chi connectivity index (χ0v) is 10.6. The summed E-state index contributed by atoms with van der Waals surface area (Å²) in [5.41, 5.74) is 6.89. The Balaban J connectivity index is 0. The Hall–Kier alpha value is -1.25. The number of nitrogens with one attached hydrogen (secondary N) is 1. The number of rotatable bonds is 0. The topological polar surface area (TPSA) is 55.1 Å². The van der Waals surface area contributed by atoms with E-state index in [1.54, 1.807) is 0 Å². The van der Waals surface area contributed by atoms with Gasteiger partial charge >= 0.3 is 0 Å². The monoisotopic (exact) mass is 212 g/mol. The summed E-state index contributed by atoms with van der Waals surface area (Å²) in [5.74, 6) is 0.0379. The molecule has 0 radical (unpaired) electrons. The lowest BCUT2D eigenvalue weighted by atomic mass is 9.95. The van der Waals surface area contributed by atoms with Gasteiger partial charge in [0, 0.05) is 11.6 Å². The van der Waals surface area contributed by atoms with Crippen molar-refractivity contribution in [3.8, 4) is 0 Å². The Morgan fingerprint density at radius 2 is 1.87 bits per heavy atom. The third-order valence-electron chi connectivity index (χ3n) is 1.84. The van der Waals surface area contributed by atoms with E-state index in [1.807, 2.05) is 34.6 Å². The van der Waals surface area contributed by atoms with Crippen LogP contribution in [0.3, 0.4) is 0 Å². The molecule has 1 rings (SSSR count). The molecule has 1 aliphatic rings. The van der Waals surface area contributed by atoms with Crippen molar-refractivity contribution >= 4 is 5.91 Å². The summed E-state index contributed by atoms with van der Waals surface area (Å²) in [6.45, 7) is 13.5. The molecule has 1 saturated heterocycles. The second-order valence-corrected chi connectivity index (χ2v) is 2.76. The number of carbonyl (C=O) groups is 1. The number of amides is 1. The van der Waals surface area contributed by atoms with Crippen molar-refractivity contribution in [1.29, 1.82) is 0 Å². The molecule has 1 unspecified atom stereocenters. The van der Waals surface area contributed by atoms with Crippen LogP contribution >= 0.6 is 0 Å². The van der Waals surface area contributed by atoms with E-state index in [2.05, 4.69) is 11.9 Å². The first-order chi connectivity index (χ1) is 7.15. The molecular weight excluding hydrogens is 188 g/mol. The molecule has 0 bridgehead atoms. The van der Waals surface area contributed by atoms with Crippen molar-refractivity contribution in [3.63, 3.8) is 0 Å². The van der Waals surface area contributed by atoms with Gasteiger partial charge in [0.15, 0.2) is 0 Å². The Bertz CT molecular complexity index is 232. The summed E-state index contributed by atoms with van der Waals surface area (Å²) in [4.78, 5) is 11.0. The lowest BCUT2D eigenvalue weighted by Gasteiger charge is -2.22. The summed E-state index contributed by atoms with van der Waals surface area (Å²) in [6.07, 6.45) is 2.19. The third kappa shape index (κ3) is 5.25. The molecule has 1 amide bonds. The maximum atomic E-state index is 11.0. The highest BCUT2D eigenvalue weighted by Crippen LogP contribution is 2.21. The van der Waals surface area contributed by atoms with Gasteiger partial charge in [-0.2, -0.15) is 0 Å². The van der Waals surface area contributed by atoms with Crippen LogP contribution in [0.1, 0.15) is 41.0 Å². The Labute approximate surface area is 93.4 Å². The van der Waals surface area contributed by atoms with Gasteiger partial charge in [0.1, 0.15) is 0 Å². The van der Waals surface area contributed by atoms with Crippen LogP contribution in [0.25, 0.3) is 0 Å². The molecule has 1 fully saturated rings. The molecule has 0 spiro atoms. The molecule has 3 heteroatoms. The van der Waals surface area contributed by atoms with Gasteiger partial charge in [-0.05, 0) is 18.2 Å². The minimum Gasteiger partial charge on any atom is -0.404 e. The van der Waals surface area contributed by atoms with Crippen LogP contribution in [0.15, 0.2) is 24.0 Å². The summed E-state index contributed by atoms with van der Waals surface area (Å²) < 4.78 is 0. The third-order valence-corrected chi connectivity index (χ3v) is 1.84. The Morgan fingerprint density at radius 1 is 1.40 bits per heavy atom. The second kappa shape index (κ2) is 9.31. The van der Waals surface area contributed by atoms with Crippen molar-refractivity contribution in [2.24, 2.45) is 11.7 Å². The van der Waals surface area contributed by atoms with Gasteiger partial charge in [-0.15, -0.1) is 0 Å². The lowest BCUT2D eigenvalue weighted by Crippen LogP contribution is -2.34. The molecule has 3 N–H and O–H groups in total. The van der Waals surface area contributed by atoms with Gasteiger partial charge in [-0.1, -0.05) is 41.2 Å². The molecule has 0 aliphatic carbocycles. The van der Waals surface area contributed by atoms with E-state index in [-0.39, 0.29) is 11.8 Å². The highest BCUT2D eigenvalue weighted by Gasteiger charge is 2.22. The van der Waals surface area contributed by atoms with Crippen LogP contribution in [0.5, 0.6) is 0 Å². The largest absolute Gasteiger partial charge is 0.404 e. The molecule has 0 aromatic carbocycles. The SMILES string of the molecule is C=C1NC(=O)C(C)C/C1=C/N.CC.CC. The van der Waals surface area contributed by atoms with Crippen LogP contribution in [0, 0.1) is 5.92 Å². The standard InChI is InChI=1S/C8H12N2O.2C2H6/c1-5-3-7(4-9)6(2)10-8(5)11;2*1-2/h4-5H,2-3,9H2,1H3,(H,10,11);2*1-2H3/b7-4-;;. The first-order valence-electron chi connectivity index (χ1n) is 5.56. The number of carbonyl (C=O) groups excluding carboxylic acids is 1. The zero-order valence-electron chi connectivity index (χ0n) is 10.6. The zero-order chi connectivity index (χ0) is 12.4. The van der Waals surface area contributed by atoms with Crippen LogP contribution in [-0.2, 0) is 4.79 Å². The first kappa shape index (κ1) is 16.2. The summed E-state index contributed by atoms with van der Waals surface area (Å²) >= 11 is 0. The van der Waals surface area contributed by atoms with Crippen molar-refractivity contribution in [3.05, 3.63) is 24.0 Å². The van der Waals surface area contributed by atoms with Gasteiger partial charge < -0.3 is 11.1 Å². The fraction of sp³-hybridized carbons (Fsp3) is 0.583. The smallest absolute Gasteiger partial charge is 0.227 e. The minimum absolute atomic E-state index is 0.00954. The lowest BCUT2D eigenvalue weighted by molar-refractivity contribution is -0.124. The fourth-order valence-electron chi connectivity index (χ4n) is 1.07. The Kier molecular flexibility index (Phi) is 10.0. The number of hydrogen-bond acceptors (Lipinski definition) is 2. The van der Waals surface area contributed by atoms with E-state index in [9.17, 15) is 4.79 Å². The molecule has 1 atom stereocenters. The normalized spacial score (nSPS) is 21.9. The van der Waals surface area contributed by atoms with Gasteiger partial charge in [0.05, 0.1) is 0 Å². The quantitative estimate of drug-likeness (QED) is 0.648. The van der Waals surface area contributed by atoms with E-state index in [1.165, 1.54) is 6.20 Å². The van der Waals surface area contributed by atoms with Crippen LogP contribution < -0.4 is 11.1 Å². The van der Waals surface area contributed by atoms with E-state index in [0.29, 0.717) is 12.1 Å². The molecule has 0 aromatic heterocycles. The average molecular weight is 212 g/mol. The van der Waals surface area contributed by atoms with Crippen LogP contribution in [0.2, 0.25) is 0 Å². The highest BCUT2D eigenvalue weighted by molar-refractivity contribution is 5.83. The fourth-order valence-corrected chi connectivity index (χ4v) is 1.07. The second-order valence-electron chi connectivity index (χ2n) is 2.76. The van der Waals surface area contributed by atoms with Crippen LogP contribution in [-0.4, -0.2) is 5.91 Å². The van der Waals surface area contributed by atoms with Gasteiger partial charge in [0.2, 0.25) is 5.91 Å². The maximum absolute atomic E-state index is 11.0. The molecule has 15 heavy (non-hydrogen) atoms. The maximum Gasteiger partial charge on any atom is 0.227 e. The van der Waals surface area contributed by atoms with Crippen molar-refractivity contribution in [1.82, 2.24) is 5.32 Å². The van der Waals surface area contributed by atoms with Gasteiger partial charge in [0.25, 0.3) is 0 Å². The summed E-state index contributed by atoms with van der Waals surface area (Å²) in [5, 5.41) is 2.65. The highest BCUT2D eigenvalue weighted by atomic mass is 16.1. The van der Waals surface area contributed by atoms with Gasteiger partial charge in [-0.3, -0.25) is 4.79 Å². The predicted molar refractivity (Wildman–Crippen MR) is 66.0 cm³/mol. The van der Waals surface area contributed by atoms with E-state index in [0.717, 1.165) is 5.57 Å². The average Bonchev–Trinajstić information content (AvgIpc) is 2.29. The van der Waals surface area contributed by atoms with Gasteiger partial charge in [-0.25, -0.2) is 0 Å². The van der Waals surface area contributed by atoms with E-state index >= 15 is 0 Å². The van der Waals surface area contributed by atoms with E-state index in [4.69, 9.17) is 5.73 Å². The molecule has 88 valence electrons. The van der Waals surface area contributed by atoms with Crippen molar-refractivity contribution in [2.45, 2.75) is 41.0 Å². The molecule has 0 saturated carbocycles. The molecule has 1 heterocycles. The first-order valence-corrected chi connectivity index (χ1v) is 5.56. The van der Waals surface area contributed by atoms with E-state index < -0.39 is 0 Å². The number of hydrogen-bond donors (Lipinski definition) is 2. The molecular formula is C12H24N2O. The molecule has 1 aliphatic heterocycles. The number of piperidine rings is 1. The molecule has 3 nitrogen and oxygen atoms in total. The van der Waals surface area contributed by atoms with Crippen LogP contribution in [0.4, 0.5) is 0 Å². The number of nitrogens with two attached hydrogens (primary N) is 1. The summed E-state index contributed by atoms with van der Waals surface area (Å²) in [6, 6.07) is 0. The van der Waals surface area contributed by atoms with Crippen molar-refractivity contribution < 1.29 is 4.79 Å². The minimum atomic E-state index is 0.00954. The summed E-state index contributed by atoms with van der Waals surface area (Å²) in [7, 11) is 0. The predicted octanol–water partition coefficient (Wildman–Crippen LogP) is 2.55. The van der Waals surface area contributed by atoms with Crippen molar-refractivity contribution in [2.75, 3.05) is 0 Å².